The Balaban J connectivity index is 1.46. The smallest absolute Gasteiger partial charge is 0.229 e. The summed E-state index contributed by atoms with van der Waals surface area (Å²) in [6, 6.07) is 12.0. The highest BCUT2D eigenvalue weighted by Gasteiger charge is 2.38. The highest BCUT2D eigenvalue weighted by atomic mass is 16.1. The molecule has 1 aromatic carbocycles. The van der Waals surface area contributed by atoms with Gasteiger partial charge in [-0.25, -0.2) is 0 Å². The molecule has 2 N–H and O–H groups in total. The predicted molar refractivity (Wildman–Crippen MR) is 105 cm³/mol. The monoisotopic (exact) mass is 349 g/mol. The van der Waals surface area contributed by atoms with Crippen LogP contribution in [0.4, 0.5) is 5.69 Å². The average molecular weight is 349 g/mol. The summed E-state index contributed by atoms with van der Waals surface area (Å²) < 4.78 is 0. The number of hydrogen-bond acceptors (Lipinski definition) is 3. The molecule has 2 unspecified atom stereocenters. The molecular weight excluding hydrogens is 322 g/mol. The third-order valence-electron chi connectivity index (χ3n) is 5.98. The molecule has 4 nitrogen and oxygen atoms in total. The first kappa shape index (κ1) is 17.2. The number of carbonyl (C=O) groups excluding carboxylic acids is 1. The van der Waals surface area contributed by atoms with Crippen molar-refractivity contribution in [3.8, 4) is 11.1 Å². The lowest BCUT2D eigenvalue weighted by molar-refractivity contribution is -0.121. The topological polar surface area (TPSA) is 54.0 Å². The van der Waals surface area contributed by atoms with Crippen molar-refractivity contribution in [3.05, 3.63) is 48.8 Å². The Bertz CT molecular complexity index is 740. The number of nitrogens with one attached hydrogen (secondary N) is 2. The van der Waals surface area contributed by atoms with Crippen LogP contribution < -0.4 is 10.6 Å². The first-order valence-electron chi connectivity index (χ1n) is 9.83. The molecule has 136 valence electrons. The maximum absolute atomic E-state index is 13.0. The number of anilines is 1. The number of rotatable bonds is 4. The Labute approximate surface area is 155 Å². The summed E-state index contributed by atoms with van der Waals surface area (Å²) in [4.78, 5) is 17.1. The Hall–Kier alpha value is -2.20. The Morgan fingerprint density at radius 2 is 1.88 bits per heavy atom. The molecule has 2 fully saturated rings. The van der Waals surface area contributed by atoms with E-state index in [0.717, 1.165) is 29.9 Å². The Morgan fingerprint density at radius 1 is 1.04 bits per heavy atom. The lowest BCUT2D eigenvalue weighted by Crippen LogP contribution is -2.33. The minimum Gasteiger partial charge on any atom is -0.326 e. The maximum Gasteiger partial charge on any atom is 0.229 e. The van der Waals surface area contributed by atoms with E-state index in [1.807, 2.05) is 36.5 Å². The number of amides is 1. The van der Waals surface area contributed by atoms with Crippen LogP contribution in [-0.4, -0.2) is 24.0 Å². The van der Waals surface area contributed by atoms with E-state index in [4.69, 9.17) is 0 Å². The maximum atomic E-state index is 13.0. The van der Waals surface area contributed by atoms with Gasteiger partial charge in [0.2, 0.25) is 5.91 Å². The molecule has 2 heterocycles. The van der Waals surface area contributed by atoms with Gasteiger partial charge in [0.25, 0.3) is 0 Å². The first-order chi connectivity index (χ1) is 12.8. The van der Waals surface area contributed by atoms with Gasteiger partial charge in [-0.05, 0) is 42.1 Å². The molecule has 0 radical (unpaired) electrons. The SMILES string of the molecule is O=C(Nc1cccc(-c2cccnc2)c1)C1CNCC1C1CCCCC1. The molecule has 2 aromatic rings. The van der Waals surface area contributed by atoms with Crippen LogP contribution in [-0.2, 0) is 4.79 Å². The van der Waals surface area contributed by atoms with Crippen LogP contribution in [0, 0.1) is 17.8 Å². The summed E-state index contributed by atoms with van der Waals surface area (Å²) >= 11 is 0. The minimum atomic E-state index is 0.0835. The minimum absolute atomic E-state index is 0.0835. The van der Waals surface area contributed by atoms with E-state index < -0.39 is 0 Å². The van der Waals surface area contributed by atoms with E-state index in [1.165, 1.54) is 32.1 Å². The zero-order chi connectivity index (χ0) is 17.8. The third kappa shape index (κ3) is 3.80. The molecule has 4 heteroatoms. The summed E-state index contributed by atoms with van der Waals surface area (Å²) in [6.07, 6.45) is 10.2. The number of benzene rings is 1. The quantitative estimate of drug-likeness (QED) is 0.874. The molecule has 0 bridgehead atoms. The first-order valence-corrected chi connectivity index (χ1v) is 9.83. The molecule has 1 aliphatic heterocycles. The molecule has 1 aromatic heterocycles. The summed E-state index contributed by atoms with van der Waals surface area (Å²) in [7, 11) is 0. The van der Waals surface area contributed by atoms with Crippen molar-refractivity contribution >= 4 is 11.6 Å². The molecule has 26 heavy (non-hydrogen) atoms. The van der Waals surface area contributed by atoms with Gasteiger partial charge < -0.3 is 10.6 Å². The van der Waals surface area contributed by atoms with E-state index in [2.05, 4.69) is 21.7 Å². The van der Waals surface area contributed by atoms with Crippen molar-refractivity contribution in [1.29, 1.82) is 0 Å². The van der Waals surface area contributed by atoms with Crippen molar-refractivity contribution in [3.63, 3.8) is 0 Å². The Morgan fingerprint density at radius 3 is 2.69 bits per heavy atom. The molecule has 1 aliphatic carbocycles. The van der Waals surface area contributed by atoms with Crippen molar-refractivity contribution < 1.29 is 4.79 Å². The summed E-state index contributed by atoms with van der Waals surface area (Å²) in [6.45, 7) is 1.79. The summed E-state index contributed by atoms with van der Waals surface area (Å²) in [5.74, 6) is 1.43. The molecule has 1 amide bonds. The molecule has 4 rings (SSSR count). The second kappa shape index (κ2) is 8.00. The van der Waals surface area contributed by atoms with Crippen LogP contribution in [0.3, 0.4) is 0 Å². The van der Waals surface area contributed by atoms with Gasteiger partial charge in [-0.1, -0.05) is 50.3 Å². The van der Waals surface area contributed by atoms with Crippen molar-refractivity contribution in [2.24, 2.45) is 17.8 Å². The van der Waals surface area contributed by atoms with Gasteiger partial charge in [-0.2, -0.15) is 0 Å². The lowest BCUT2D eigenvalue weighted by Gasteiger charge is -2.30. The van der Waals surface area contributed by atoms with Gasteiger partial charge in [-0.3, -0.25) is 9.78 Å². The molecule has 0 spiro atoms. The lowest BCUT2D eigenvalue weighted by atomic mass is 9.75. The number of pyridine rings is 1. The molecule has 2 aliphatic rings. The van der Waals surface area contributed by atoms with E-state index in [0.29, 0.717) is 11.8 Å². The van der Waals surface area contributed by atoms with Crippen LogP contribution in [0.15, 0.2) is 48.8 Å². The van der Waals surface area contributed by atoms with Crippen LogP contribution in [0.25, 0.3) is 11.1 Å². The highest BCUT2D eigenvalue weighted by Crippen LogP contribution is 2.36. The molecule has 2 atom stereocenters. The predicted octanol–water partition coefficient (Wildman–Crippen LogP) is 4.10. The van der Waals surface area contributed by atoms with Gasteiger partial charge in [0, 0.05) is 30.2 Å². The van der Waals surface area contributed by atoms with Gasteiger partial charge in [0.15, 0.2) is 0 Å². The Kier molecular flexibility index (Phi) is 5.30. The van der Waals surface area contributed by atoms with Crippen molar-refractivity contribution in [2.45, 2.75) is 32.1 Å². The molecule has 1 saturated carbocycles. The van der Waals surface area contributed by atoms with E-state index in [9.17, 15) is 4.79 Å². The zero-order valence-electron chi connectivity index (χ0n) is 15.2. The fourth-order valence-electron chi connectivity index (χ4n) is 4.59. The van der Waals surface area contributed by atoms with E-state index >= 15 is 0 Å². The second-order valence-corrected chi connectivity index (χ2v) is 7.64. The second-order valence-electron chi connectivity index (χ2n) is 7.64. The van der Waals surface area contributed by atoms with Gasteiger partial charge in [0.1, 0.15) is 0 Å². The van der Waals surface area contributed by atoms with Crippen LogP contribution >= 0.6 is 0 Å². The highest BCUT2D eigenvalue weighted by molar-refractivity contribution is 5.93. The standard InChI is InChI=1S/C22H27N3O/c26-22(21-15-24-14-20(21)16-6-2-1-3-7-16)25-19-10-4-8-17(12-19)18-9-5-11-23-13-18/h4-5,8-13,16,20-21,24H,1-3,6-7,14-15H2,(H,25,26). The number of aromatic nitrogens is 1. The van der Waals surface area contributed by atoms with Crippen LogP contribution in [0.1, 0.15) is 32.1 Å². The summed E-state index contributed by atoms with van der Waals surface area (Å²) in [5.41, 5.74) is 3.00. The molecular formula is C22H27N3O. The number of carbonyl (C=O) groups is 1. The van der Waals surface area contributed by atoms with Gasteiger partial charge in [-0.15, -0.1) is 0 Å². The number of nitrogens with zero attached hydrogens (tertiary/aromatic N) is 1. The fourth-order valence-corrected chi connectivity index (χ4v) is 4.59. The van der Waals surface area contributed by atoms with Gasteiger partial charge >= 0.3 is 0 Å². The average Bonchev–Trinajstić information content (AvgIpc) is 3.20. The summed E-state index contributed by atoms with van der Waals surface area (Å²) in [5, 5.41) is 6.62. The van der Waals surface area contributed by atoms with Crippen molar-refractivity contribution in [2.75, 3.05) is 18.4 Å². The van der Waals surface area contributed by atoms with E-state index in [1.54, 1.807) is 6.20 Å². The van der Waals surface area contributed by atoms with Crippen molar-refractivity contribution in [1.82, 2.24) is 10.3 Å². The van der Waals surface area contributed by atoms with E-state index in [-0.39, 0.29) is 11.8 Å². The van der Waals surface area contributed by atoms with Gasteiger partial charge in [0.05, 0.1) is 5.92 Å². The third-order valence-corrected chi connectivity index (χ3v) is 5.98. The fraction of sp³-hybridized carbons (Fsp3) is 0.455. The molecule has 1 saturated heterocycles. The normalized spacial score (nSPS) is 23.7. The number of hydrogen-bond donors (Lipinski definition) is 2. The van der Waals surface area contributed by atoms with Crippen LogP contribution in [0.2, 0.25) is 0 Å². The zero-order valence-corrected chi connectivity index (χ0v) is 15.2. The van der Waals surface area contributed by atoms with Crippen LogP contribution in [0.5, 0.6) is 0 Å². The largest absolute Gasteiger partial charge is 0.326 e.